The Morgan fingerprint density at radius 2 is 1.81 bits per heavy atom. The van der Waals surface area contributed by atoms with Gasteiger partial charge in [-0.2, -0.15) is 13.2 Å². The fraction of sp³-hybridized carbons (Fsp3) is 0.316. The van der Waals surface area contributed by atoms with Gasteiger partial charge in [0.05, 0.1) is 30.8 Å². The maximum absolute atomic E-state index is 12.7. The van der Waals surface area contributed by atoms with Crippen LogP contribution in [0.2, 0.25) is 0 Å². The minimum absolute atomic E-state index is 0.0208. The summed E-state index contributed by atoms with van der Waals surface area (Å²) in [6, 6.07) is 9.17. The van der Waals surface area contributed by atoms with Crippen molar-refractivity contribution in [3.8, 4) is 0 Å². The third kappa shape index (κ3) is 6.09. The largest absolute Gasteiger partial charge is 0.466 e. The molecule has 27 heavy (non-hydrogen) atoms. The number of rotatable bonds is 7. The van der Waals surface area contributed by atoms with E-state index >= 15 is 0 Å². The molecule has 0 aliphatic carbocycles. The maximum Gasteiger partial charge on any atom is 0.416 e. The van der Waals surface area contributed by atoms with Gasteiger partial charge in [-0.25, -0.2) is 0 Å². The van der Waals surface area contributed by atoms with Gasteiger partial charge in [0.1, 0.15) is 0 Å². The van der Waals surface area contributed by atoms with E-state index in [-0.39, 0.29) is 31.7 Å². The van der Waals surface area contributed by atoms with Gasteiger partial charge in [0.15, 0.2) is 0 Å². The van der Waals surface area contributed by atoms with Crippen LogP contribution in [0.5, 0.6) is 0 Å². The molecule has 2 aromatic rings. The molecule has 5 nitrogen and oxygen atoms in total. The Balaban J connectivity index is 2.17. The van der Waals surface area contributed by atoms with Gasteiger partial charge in [0.25, 0.3) is 5.91 Å². The summed E-state index contributed by atoms with van der Waals surface area (Å²) in [6.07, 6.45) is -2.92. The number of ether oxygens (including phenoxy) is 1. The lowest BCUT2D eigenvalue weighted by Crippen LogP contribution is -2.33. The summed E-state index contributed by atoms with van der Waals surface area (Å²) < 4.78 is 42.9. The van der Waals surface area contributed by atoms with E-state index in [1.165, 1.54) is 4.90 Å². The van der Waals surface area contributed by atoms with Crippen molar-refractivity contribution in [2.45, 2.75) is 26.1 Å². The van der Waals surface area contributed by atoms with Crippen LogP contribution in [0.1, 0.15) is 35.0 Å². The van der Waals surface area contributed by atoms with Crippen LogP contribution in [0.4, 0.5) is 13.2 Å². The molecule has 1 amide bonds. The third-order valence-electron chi connectivity index (χ3n) is 3.72. The van der Waals surface area contributed by atoms with Crippen LogP contribution in [0.25, 0.3) is 0 Å². The van der Waals surface area contributed by atoms with Gasteiger partial charge >= 0.3 is 12.1 Å². The molecule has 1 heterocycles. The highest BCUT2D eigenvalue weighted by Crippen LogP contribution is 2.29. The first kappa shape index (κ1) is 20.4. The second-order valence-electron chi connectivity index (χ2n) is 5.68. The van der Waals surface area contributed by atoms with E-state index in [1.807, 2.05) is 0 Å². The zero-order valence-electron chi connectivity index (χ0n) is 14.7. The van der Waals surface area contributed by atoms with E-state index in [9.17, 15) is 22.8 Å². The Kier molecular flexibility index (Phi) is 6.92. The summed E-state index contributed by atoms with van der Waals surface area (Å²) in [5.41, 5.74) is -0.133. The molecule has 0 N–H and O–H groups in total. The number of hydrogen-bond donors (Lipinski definition) is 0. The number of nitrogens with zero attached hydrogens (tertiary/aromatic N) is 2. The van der Waals surface area contributed by atoms with Crippen molar-refractivity contribution < 1.29 is 27.5 Å². The quantitative estimate of drug-likeness (QED) is 0.688. The summed E-state index contributed by atoms with van der Waals surface area (Å²) in [6.45, 7) is 2.10. The molecule has 1 aromatic carbocycles. The van der Waals surface area contributed by atoms with E-state index in [0.29, 0.717) is 5.69 Å². The molecule has 8 heteroatoms. The first-order chi connectivity index (χ1) is 12.8. The number of esters is 1. The fourth-order valence-corrected chi connectivity index (χ4v) is 2.38. The summed E-state index contributed by atoms with van der Waals surface area (Å²) in [7, 11) is 0. The molecular weight excluding hydrogens is 361 g/mol. The monoisotopic (exact) mass is 380 g/mol. The molecule has 2 rings (SSSR count). The van der Waals surface area contributed by atoms with Crippen LogP contribution >= 0.6 is 0 Å². The second kappa shape index (κ2) is 9.16. The second-order valence-corrected chi connectivity index (χ2v) is 5.68. The number of halogens is 3. The summed E-state index contributed by atoms with van der Waals surface area (Å²) in [4.78, 5) is 29.9. The van der Waals surface area contributed by atoms with Crippen molar-refractivity contribution in [3.05, 3.63) is 65.5 Å². The zero-order chi connectivity index (χ0) is 19.9. The number of hydrogen-bond acceptors (Lipinski definition) is 4. The lowest BCUT2D eigenvalue weighted by Gasteiger charge is -2.22. The Labute approximate surface area is 154 Å². The van der Waals surface area contributed by atoms with Gasteiger partial charge in [-0.3, -0.25) is 14.6 Å². The number of alkyl halides is 3. The Morgan fingerprint density at radius 3 is 2.37 bits per heavy atom. The number of pyridine rings is 1. The number of aromatic nitrogens is 1. The Bertz CT molecular complexity index is 762. The van der Waals surface area contributed by atoms with Crippen LogP contribution in [-0.2, 0) is 22.3 Å². The molecule has 1 aromatic heterocycles. The van der Waals surface area contributed by atoms with Crippen molar-refractivity contribution in [1.29, 1.82) is 0 Å². The van der Waals surface area contributed by atoms with Crippen molar-refractivity contribution in [3.63, 3.8) is 0 Å². The lowest BCUT2D eigenvalue weighted by molar-refractivity contribution is -0.143. The average Bonchev–Trinajstić information content (AvgIpc) is 2.65. The van der Waals surface area contributed by atoms with Crippen molar-refractivity contribution >= 4 is 11.9 Å². The van der Waals surface area contributed by atoms with Crippen molar-refractivity contribution in [1.82, 2.24) is 9.88 Å². The van der Waals surface area contributed by atoms with Gasteiger partial charge < -0.3 is 9.64 Å². The minimum atomic E-state index is -4.47. The van der Waals surface area contributed by atoms with E-state index in [4.69, 9.17) is 4.74 Å². The molecule has 0 aliphatic rings. The van der Waals surface area contributed by atoms with Gasteiger partial charge in [0, 0.05) is 18.3 Å². The molecule has 0 fully saturated rings. The minimum Gasteiger partial charge on any atom is -0.466 e. The van der Waals surface area contributed by atoms with Crippen LogP contribution in [0.15, 0.2) is 48.7 Å². The standard InChI is InChI=1S/C19H19F3N2O3/c1-2-27-17(25)10-12-24(13-16-5-3-4-11-23-16)18(26)14-6-8-15(9-7-14)19(20,21)22/h3-9,11H,2,10,12-13H2,1H3. The topological polar surface area (TPSA) is 59.5 Å². The van der Waals surface area contributed by atoms with Gasteiger partial charge in [-0.05, 0) is 43.3 Å². The number of carbonyl (C=O) groups excluding carboxylic acids is 2. The lowest BCUT2D eigenvalue weighted by atomic mass is 10.1. The Morgan fingerprint density at radius 1 is 1.11 bits per heavy atom. The highest BCUT2D eigenvalue weighted by atomic mass is 19.4. The molecule has 0 unspecified atom stereocenters. The molecule has 0 bridgehead atoms. The van der Waals surface area contributed by atoms with Gasteiger partial charge in [0.2, 0.25) is 0 Å². The van der Waals surface area contributed by atoms with Crippen LogP contribution < -0.4 is 0 Å². The summed E-state index contributed by atoms with van der Waals surface area (Å²) in [5.74, 6) is -0.942. The summed E-state index contributed by atoms with van der Waals surface area (Å²) in [5, 5.41) is 0. The number of carbonyl (C=O) groups is 2. The Hall–Kier alpha value is -2.90. The van der Waals surface area contributed by atoms with E-state index in [0.717, 1.165) is 24.3 Å². The molecule has 0 spiro atoms. The van der Waals surface area contributed by atoms with Gasteiger partial charge in [-0.15, -0.1) is 0 Å². The third-order valence-corrected chi connectivity index (χ3v) is 3.72. The van der Waals surface area contributed by atoms with E-state index in [2.05, 4.69) is 4.98 Å². The fourth-order valence-electron chi connectivity index (χ4n) is 2.38. The predicted molar refractivity (Wildman–Crippen MR) is 91.7 cm³/mol. The molecule has 0 saturated heterocycles. The highest BCUT2D eigenvalue weighted by molar-refractivity contribution is 5.94. The first-order valence-corrected chi connectivity index (χ1v) is 8.33. The average molecular weight is 380 g/mol. The highest BCUT2D eigenvalue weighted by Gasteiger charge is 2.30. The summed E-state index contributed by atoms with van der Waals surface area (Å²) >= 11 is 0. The smallest absolute Gasteiger partial charge is 0.416 e. The molecular formula is C19H19F3N2O3. The molecule has 0 aliphatic heterocycles. The van der Waals surface area contributed by atoms with Crippen LogP contribution in [-0.4, -0.2) is 34.9 Å². The molecule has 0 atom stereocenters. The van der Waals surface area contributed by atoms with Gasteiger partial charge in [-0.1, -0.05) is 6.07 Å². The SMILES string of the molecule is CCOC(=O)CCN(Cc1ccccn1)C(=O)c1ccc(C(F)(F)F)cc1. The van der Waals surface area contributed by atoms with E-state index < -0.39 is 23.6 Å². The molecule has 144 valence electrons. The normalized spacial score (nSPS) is 11.1. The molecule has 0 radical (unpaired) electrons. The number of benzene rings is 1. The van der Waals surface area contributed by atoms with E-state index in [1.54, 1.807) is 31.3 Å². The first-order valence-electron chi connectivity index (χ1n) is 8.33. The number of amides is 1. The van der Waals surface area contributed by atoms with Crippen molar-refractivity contribution in [2.24, 2.45) is 0 Å². The van der Waals surface area contributed by atoms with Crippen LogP contribution in [0.3, 0.4) is 0 Å². The maximum atomic E-state index is 12.7. The van der Waals surface area contributed by atoms with Crippen LogP contribution in [0, 0.1) is 0 Å². The van der Waals surface area contributed by atoms with Crippen molar-refractivity contribution in [2.75, 3.05) is 13.2 Å². The zero-order valence-corrected chi connectivity index (χ0v) is 14.7. The predicted octanol–water partition coefficient (Wildman–Crippen LogP) is 3.70. The molecule has 0 saturated carbocycles.